The van der Waals surface area contributed by atoms with E-state index in [-0.39, 0.29) is 6.61 Å². The molecule has 88 valence electrons. The summed E-state index contributed by atoms with van der Waals surface area (Å²) in [5.41, 5.74) is 1.28. The van der Waals surface area contributed by atoms with Gasteiger partial charge in [0.05, 0.1) is 6.61 Å². The Hall–Kier alpha value is -0.930. The summed E-state index contributed by atoms with van der Waals surface area (Å²) in [6.07, 6.45) is 8.71. The molecule has 1 aromatic rings. The Morgan fingerprint density at radius 1 is 1.38 bits per heavy atom. The summed E-state index contributed by atoms with van der Waals surface area (Å²) in [4.78, 5) is 6.53. The van der Waals surface area contributed by atoms with Crippen molar-refractivity contribution < 1.29 is 5.11 Å². The fourth-order valence-corrected chi connectivity index (χ4v) is 2.18. The van der Waals surface area contributed by atoms with E-state index in [4.69, 9.17) is 5.11 Å². The van der Waals surface area contributed by atoms with Crippen LogP contribution in [0.4, 0.5) is 0 Å². The Balaban J connectivity index is 1.81. The van der Waals surface area contributed by atoms with E-state index in [2.05, 4.69) is 16.0 Å². The Morgan fingerprint density at radius 3 is 2.81 bits per heavy atom. The fourth-order valence-electron chi connectivity index (χ4n) is 2.18. The first-order chi connectivity index (χ1) is 7.90. The molecule has 1 aromatic heterocycles. The monoisotopic (exact) mass is 220 g/mol. The molecular formula is C13H20N2O. The summed E-state index contributed by atoms with van der Waals surface area (Å²) in [6, 6.07) is 4.81. The van der Waals surface area contributed by atoms with Gasteiger partial charge in [0.1, 0.15) is 0 Å². The van der Waals surface area contributed by atoms with Crippen molar-refractivity contribution in [2.24, 2.45) is 0 Å². The number of aliphatic hydroxyl groups is 1. The highest BCUT2D eigenvalue weighted by atomic mass is 16.3. The molecule has 0 radical (unpaired) electrons. The van der Waals surface area contributed by atoms with Gasteiger partial charge in [0, 0.05) is 31.5 Å². The van der Waals surface area contributed by atoms with Crippen LogP contribution in [-0.4, -0.2) is 40.7 Å². The van der Waals surface area contributed by atoms with Crippen LogP contribution in [0.5, 0.6) is 0 Å². The highest BCUT2D eigenvalue weighted by Gasteiger charge is 2.23. The van der Waals surface area contributed by atoms with Gasteiger partial charge in [-0.3, -0.25) is 9.88 Å². The molecule has 1 saturated carbocycles. The lowest BCUT2D eigenvalue weighted by atomic mass is 9.91. The van der Waals surface area contributed by atoms with Crippen LogP contribution in [0.25, 0.3) is 0 Å². The first-order valence-corrected chi connectivity index (χ1v) is 6.14. The summed E-state index contributed by atoms with van der Waals surface area (Å²) in [5.74, 6) is 0. The Morgan fingerprint density at radius 2 is 2.25 bits per heavy atom. The van der Waals surface area contributed by atoms with E-state index < -0.39 is 0 Å². The van der Waals surface area contributed by atoms with Gasteiger partial charge in [-0.15, -0.1) is 0 Å². The topological polar surface area (TPSA) is 36.4 Å². The number of aromatic nitrogens is 1. The third-order valence-corrected chi connectivity index (χ3v) is 3.39. The zero-order valence-corrected chi connectivity index (χ0v) is 9.68. The van der Waals surface area contributed by atoms with Crippen LogP contribution in [0, 0.1) is 0 Å². The van der Waals surface area contributed by atoms with Gasteiger partial charge < -0.3 is 5.11 Å². The second kappa shape index (κ2) is 5.97. The Kier molecular flexibility index (Phi) is 4.31. The molecule has 0 aromatic carbocycles. The minimum absolute atomic E-state index is 0.267. The van der Waals surface area contributed by atoms with Gasteiger partial charge in [0.2, 0.25) is 0 Å². The molecule has 1 N–H and O–H groups in total. The fraction of sp³-hybridized carbons (Fsp3) is 0.615. The Bertz CT molecular complexity index is 298. The third kappa shape index (κ3) is 3.03. The van der Waals surface area contributed by atoms with Crippen molar-refractivity contribution in [1.82, 2.24) is 9.88 Å². The lowest BCUT2D eigenvalue weighted by Crippen LogP contribution is -2.42. The van der Waals surface area contributed by atoms with Crippen molar-refractivity contribution in [3.8, 4) is 0 Å². The van der Waals surface area contributed by atoms with Crippen LogP contribution in [0.15, 0.2) is 24.5 Å². The minimum Gasteiger partial charge on any atom is -0.395 e. The zero-order valence-electron chi connectivity index (χ0n) is 9.68. The van der Waals surface area contributed by atoms with Crippen LogP contribution in [0.2, 0.25) is 0 Å². The highest BCUT2D eigenvalue weighted by molar-refractivity contribution is 5.08. The SMILES string of the molecule is OCCN(CCc1cccnc1)C1CCC1. The largest absolute Gasteiger partial charge is 0.395 e. The highest BCUT2D eigenvalue weighted by Crippen LogP contribution is 2.24. The molecule has 2 rings (SSSR count). The summed E-state index contributed by atoms with van der Waals surface area (Å²) in [6.45, 7) is 2.12. The molecule has 16 heavy (non-hydrogen) atoms. The van der Waals surface area contributed by atoms with Gasteiger partial charge in [-0.05, 0) is 30.9 Å². The summed E-state index contributed by atoms with van der Waals surface area (Å²) in [7, 11) is 0. The van der Waals surface area contributed by atoms with Gasteiger partial charge in [-0.2, -0.15) is 0 Å². The van der Waals surface area contributed by atoms with Crippen LogP contribution in [0.3, 0.4) is 0 Å². The number of nitrogens with zero attached hydrogens (tertiary/aromatic N) is 2. The molecule has 1 aliphatic rings. The summed E-state index contributed by atoms with van der Waals surface area (Å²) < 4.78 is 0. The number of pyridine rings is 1. The van der Waals surface area contributed by atoms with Crippen LogP contribution < -0.4 is 0 Å². The maximum atomic E-state index is 9.05. The molecule has 1 aliphatic carbocycles. The van der Waals surface area contributed by atoms with Crippen LogP contribution in [0.1, 0.15) is 24.8 Å². The van der Waals surface area contributed by atoms with Crippen molar-refractivity contribution in [2.45, 2.75) is 31.7 Å². The number of hydrogen-bond acceptors (Lipinski definition) is 3. The van der Waals surface area contributed by atoms with Crippen LogP contribution in [-0.2, 0) is 6.42 Å². The second-order valence-electron chi connectivity index (χ2n) is 4.46. The van der Waals surface area contributed by atoms with E-state index in [1.54, 1.807) is 6.20 Å². The number of aliphatic hydroxyl groups excluding tert-OH is 1. The van der Waals surface area contributed by atoms with Crippen molar-refractivity contribution in [3.05, 3.63) is 30.1 Å². The number of rotatable bonds is 6. The summed E-state index contributed by atoms with van der Waals surface area (Å²) in [5, 5.41) is 9.05. The standard InChI is InChI=1S/C13H20N2O/c16-10-9-15(13-4-1-5-13)8-6-12-3-2-7-14-11-12/h2-3,7,11,13,16H,1,4-6,8-10H2. The minimum atomic E-state index is 0.267. The quantitative estimate of drug-likeness (QED) is 0.788. The maximum absolute atomic E-state index is 9.05. The van der Waals surface area contributed by atoms with E-state index in [0.29, 0.717) is 6.04 Å². The molecule has 3 nitrogen and oxygen atoms in total. The zero-order chi connectivity index (χ0) is 11.2. The van der Waals surface area contributed by atoms with Crippen molar-refractivity contribution in [2.75, 3.05) is 19.7 Å². The molecule has 0 aliphatic heterocycles. The average Bonchev–Trinajstić information content (AvgIpc) is 2.25. The van der Waals surface area contributed by atoms with Gasteiger partial charge in [-0.25, -0.2) is 0 Å². The maximum Gasteiger partial charge on any atom is 0.0558 e. The van der Waals surface area contributed by atoms with Crippen molar-refractivity contribution in [1.29, 1.82) is 0 Å². The van der Waals surface area contributed by atoms with Gasteiger partial charge in [0.15, 0.2) is 0 Å². The Labute approximate surface area is 97.1 Å². The average molecular weight is 220 g/mol. The lowest BCUT2D eigenvalue weighted by molar-refractivity contribution is 0.103. The third-order valence-electron chi connectivity index (χ3n) is 3.39. The first kappa shape index (κ1) is 11.6. The van der Waals surface area contributed by atoms with Gasteiger partial charge >= 0.3 is 0 Å². The molecule has 3 heteroatoms. The molecule has 0 atom stereocenters. The normalized spacial score (nSPS) is 16.4. The van der Waals surface area contributed by atoms with E-state index in [9.17, 15) is 0 Å². The molecule has 0 unspecified atom stereocenters. The predicted octanol–water partition coefficient (Wildman–Crippen LogP) is 1.47. The predicted molar refractivity (Wildman–Crippen MR) is 64.2 cm³/mol. The van der Waals surface area contributed by atoms with E-state index in [0.717, 1.165) is 19.5 Å². The second-order valence-corrected chi connectivity index (χ2v) is 4.46. The first-order valence-electron chi connectivity index (χ1n) is 6.14. The molecule has 0 spiro atoms. The van der Waals surface area contributed by atoms with Crippen LogP contribution >= 0.6 is 0 Å². The van der Waals surface area contributed by atoms with E-state index in [1.165, 1.54) is 24.8 Å². The molecular weight excluding hydrogens is 200 g/mol. The molecule has 1 heterocycles. The van der Waals surface area contributed by atoms with Crippen molar-refractivity contribution >= 4 is 0 Å². The summed E-state index contributed by atoms with van der Waals surface area (Å²) >= 11 is 0. The smallest absolute Gasteiger partial charge is 0.0558 e. The van der Waals surface area contributed by atoms with E-state index >= 15 is 0 Å². The van der Waals surface area contributed by atoms with Crippen molar-refractivity contribution in [3.63, 3.8) is 0 Å². The number of hydrogen-bond donors (Lipinski definition) is 1. The van der Waals surface area contributed by atoms with Gasteiger partial charge in [-0.1, -0.05) is 12.5 Å². The molecule has 0 saturated heterocycles. The molecule has 1 fully saturated rings. The van der Waals surface area contributed by atoms with E-state index in [1.807, 2.05) is 12.3 Å². The molecule has 0 amide bonds. The lowest BCUT2D eigenvalue weighted by Gasteiger charge is -2.37. The van der Waals surface area contributed by atoms with Gasteiger partial charge in [0.25, 0.3) is 0 Å². The molecule has 0 bridgehead atoms.